The number of hydrogen-bond acceptors (Lipinski definition) is 2. The quantitative estimate of drug-likeness (QED) is 0.589. The number of carbonyl (C=O) groups is 1. The van der Waals surface area contributed by atoms with Crippen molar-refractivity contribution in [1.82, 2.24) is 5.32 Å². The highest BCUT2D eigenvalue weighted by molar-refractivity contribution is 5.86. The van der Waals surface area contributed by atoms with Gasteiger partial charge >= 0.3 is 5.92 Å². The van der Waals surface area contributed by atoms with E-state index in [0.717, 1.165) is 17.7 Å². The van der Waals surface area contributed by atoms with Crippen LogP contribution < -0.4 is 5.32 Å². The van der Waals surface area contributed by atoms with Crippen molar-refractivity contribution in [3.05, 3.63) is 48.0 Å². The first-order chi connectivity index (χ1) is 11.2. The van der Waals surface area contributed by atoms with Crippen molar-refractivity contribution in [3.63, 3.8) is 0 Å². The van der Waals surface area contributed by atoms with Crippen LogP contribution in [0.1, 0.15) is 24.8 Å². The summed E-state index contributed by atoms with van der Waals surface area (Å²) in [4.78, 5) is 10.9. The fraction of sp³-hybridized carbons (Fsp3) is 0.471. The first-order valence-electron chi connectivity index (χ1n) is 7.68. The van der Waals surface area contributed by atoms with Crippen LogP contribution in [0.25, 0.3) is 0 Å². The van der Waals surface area contributed by atoms with Crippen LogP contribution >= 0.6 is 0 Å². The summed E-state index contributed by atoms with van der Waals surface area (Å²) in [7, 11) is 0. The molecule has 1 fully saturated rings. The van der Waals surface area contributed by atoms with Crippen molar-refractivity contribution in [2.45, 2.75) is 49.7 Å². The Balaban J connectivity index is 1.82. The smallest absolute Gasteiger partial charge is 0.326 e. The average molecular weight is 345 g/mol. The minimum atomic E-state index is -3.50. The third-order valence-electron chi connectivity index (χ3n) is 3.90. The van der Waals surface area contributed by atoms with Gasteiger partial charge in [0.1, 0.15) is 6.10 Å². The Bertz CT molecular complexity index is 590. The molecule has 2 N–H and O–H groups in total. The number of aryl methyl sites for hydroxylation is 1. The molecule has 1 aliphatic rings. The van der Waals surface area contributed by atoms with Gasteiger partial charge in [-0.3, -0.25) is 4.79 Å². The van der Waals surface area contributed by atoms with E-state index in [1.165, 1.54) is 0 Å². The van der Waals surface area contributed by atoms with Gasteiger partial charge in [0.25, 0.3) is 11.8 Å². The van der Waals surface area contributed by atoms with Gasteiger partial charge in [0.2, 0.25) is 0 Å². The lowest BCUT2D eigenvalue weighted by atomic mass is 10.0. The Hall–Kier alpha value is -1.89. The van der Waals surface area contributed by atoms with Gasteiger partial charge in [-0.05, 0) is 18.4 Å². The second-order valence-corrected chi connectivity index (χ2v) is 5.92. The minimum Gasteiger partial charge on any atom is -0.383 e. The molecule has 7 heteroatoms. The predicted molar refractivity (Wildman–Crippen MR) is 81.0 cm³/mol. The van der Waals surface area contributed by atoms with Crippen molar-refractivity contribution >= 4 is 5.91 Å². The SMILES string of the molecule is O=C1N[C@@H](/C=C/[C@@H](O)C(F)(F)CCCc2ccccc2)CC1(F)F. The lowest BCUT2D eigenvalue weighted by Crippen LogP contribution is -2.33. The zero-order valence-corrected chi connectivity index (χ0v) is 12.9. The third-order valence-corrected chi connectivity index (χ3v) is 3.90. The molecule has 24 heavy (non-hydrogen) atoms. The van der Waals surface area contributed by atoms with Gasteiger partial charge in [-0.1, -0.05) is 42.5 Å². The lowest BCUT2D eigenvalue weighted by Gasteiger charge is -2.20. The zero-order chi connectivity index (χ0) is 17.8. The van der Waals surface area contributed by atoms with E-state index in [2.05, 4.69) is 0 Å². The minimum absolute atomic E-state index is 0.181. The summed E-state index contributed by atoms with van der Waals surface area (Å²) in [6.07, 6.45) is -1.00. The highest BCUT2D eigenvalue weighted by Crippen LogP contribution is 2.29. The second kappa shape index (κ2) is 7.34. The molecule has 0 bridgehead atoms. The summed E-state index contributed by atoms with van der Waals surface area (Å²) in [6, 6.07) is 8.07. The molecule has 2 rings (SSSR count). The molecular formula is C17H19F4NO2. The van der Waals surface area contributed by atoms with Crippen LogP contribution in [-0.4, -0.2) is 35.0 Å². The maximum absolute atomic E-state index is 13.9. The van der Waals surface area contributed by atoms with Crippen molar-refractivity contribution in [2.24, 2.45) is 0 Å². The molecule has 0 unspecified atom stereocenters. The second-order valence-electron chi connectivity index (χ2n) is 5.92. The van der Waals surface area contributed by atoms with Crippen molar-refractivity contribution in [3.8, 4) is 0 Å². The molecule has 0 radical (unpaired) electrons. The Morgan fingerprint density at radius 1 is 1.33 bits per heavy atom. The Morgan fingerprint density at radius 2 is 2.00 bits per heavy atom. The maximum Gasteiger partial charge on any atom is 0.326 e. The van der Waals surface area contributed by atoms with Crippen LogP contribution in [0.4, 0.5) is 17.6 Å². The van der Waals surface area contributed by atoms with E-state index >= 15 is 0 Å². The molecule has 1 aromatic rings. The van der Waals surface area contributed by atoms with E-state index in [-0.39, 0.29) is 6.42 Å². The Morgan fingerprint density at radius 3 is 2.58 bits per heavy atom. The van der Waals surface area contributed by atoms with E-state index in [9.17, 15) is 27.5 Å². The molecule has 0 saturated carbocycles. The van der Waals surface area contributed by atoms with Crippen LogP contribution in [0, 0.1) is 0 Å². The Kier molecular flexibility index (Phi) is 5.64. The molecule has 1 heterocycles. The van der Waals surface area contributed by atoms with E-state index in [1.54, 1.807) is 0 Å². The van der Waals surface area contributed by atoms with Crippen molar-refractivity contribution in [1.29, 1.82) is 0 Å². The van der Waals surface area contributed by atoms with E-state index < -0.39 is 42.7 Å². The van der Waals surface area contributed by atoms with Crippen LogP contribution in [0.3, 0.4) is 0 Å². The van der Waals surface area contributed by atoms with E-state index in [1.807, 2.05) is 35.6 Å². The van der Waals surface area contributed by atoms with E-state index in [4.69, 9.17) is 0 Å². The van der Waals surface area contributed by atoms with Crippen LogP contribution in [0.2, 0.25) is 0 Å². The zero-order valence-electron chi connectivity index (χ0n) is 12.9. The molecular weight excluding hydrogens is 326 g/mol. The molecule has 1 amide bonds. The number of aliphatic hydroxyl groups is 1. The fourth-order valence-electron chi connectivity index (χ4n) is 2.51. The summed E-state index contributed by atoms with van der Waals surface area (Å²) in [6.45, 7) is 0. The third kappa shape index (κ3) is 4.80. The molecule has 2 atom stereocenters. The number of carbonyl (C=O) groups excluding carboxylic acids is 1. The summed E-state index contributed by atoms with van der Waals surface area (Å²) < 4.78 is 53.8. The lowest BCUT2D eigenvalue weighted by molar-refractivity contribution is -0.139. The van der Waals surface area contributed by atoms with Gasteiger partial charge in [0.15, 0.2) is 0 Å². The highest BCUT2D eigenvalue weighted by atomic mass is 19.3. The molecule has 3 nitrogen and oxygen atoms in total. The maximum atomic E-state index is 13.9. The first-order valence-corrected chi connectivity index (χ1v) is 7.68. The average Bonchev–Trinajstić information content (AvgIpc) is 2.78. The van der Waals surface area contributed by atoms with Crippen molar-refractivity contribution < 1.29 is 27.5 Å². The van der Waals surface area contributed by atoms with Crippen LogP contribution in [0.5, 0.6) is 0 Å². The number of rotatable bonds is 7. The number of benzene rings is 1. The number of alkyl halides is 4. The predicted octanol–water partition coefficient (Wildman–Crippen LogP) is 3.09. The largest absolute Gasteiger partial charge is 0.383 e. The summed E-state index contributed by atoms with van der Waals surface area (Å²) in [5, 5.41) is 11.6. The topological polar surface area (TPSA) is 49.3 Å². The monoisotopic (exact) mass is 345 g/mol. The van der Waals surface area contributed by atoms with Crippen molar-refractivity contribution in [2.75, 3.05) is 0 Å². The van der Waals surface area contributed by atoms with Gasteiger partial charge in [0.05, 0.1) is 6.04 Å². The number of halogens is 4. The molecule has 0 aromatic heterocycles. The number of hydrogen-bond donors (Lipinski definition) is 2. The van der Waals surface area contributed by atoms with Crippen LogP contribution in [-0.2, 0) is 11.2 Å². The number of aliphatic hydroxyl groups excluding tert-OH is 1. The summed E-state index contributed by atoms with van der Waals surface area (Å²) >= 11 is 0. The molecule has 0 spiro atoms. The fourth-order valence-corrected chi connectivity index (χ4v) is 2.51. The van der Waals surface area contributed by atoms with E-state index in [0.29, 0.717) is 6.42 Å². The molecule has 132 valence electrons. The van der Waals surface area contributed by atoms with Crippen LogP contribution in [0.15, 0.2) is 42.5 Å². The van der Waals surface area contributed by atoms with Gasteiger partial charge in [-0.25, -0.2) is 8.78 Å². The standard InChI is InChI=1S/C17H19F4NO2/c18-16(19,10-4-7-12-5-2-1-3-6-12)14(23)9-8-13-11-17(20,21)15(24)22-13/h1-3,5-6,8-9,13-14,23H,4,7,10-11H2,(H,22,24)/b9-8+/t13-,14+/m0/s1. The van der Waals surface area contributed by atoms with Gasteiger partial charge < -0.3 is 10.4 Å². The molecule has 1 saturated heterocycles. The molecule has 1 aliphatic heterocycles. The molecule has 0 aliphatic carbocycles. The first kappa shape index (κ1) is 18.4. The Labute approximate surface area is 137 Å². The normalized spacial score (nSPS) is 21.9. The van der Waals surface area contributed by atoms with Gasteiger partial charge in [-0.2, -0.15) is 8.78 Å². The summed E-state index contributed by atoms with van der Waals surface area (Å²) in [5.41, 5.74) is 0.925. The summed E-state index contributed by atoms with van der Waals surface area (Å²) in [5.74, 6) is -8.30. The van der Waals surface area contributed by atoms with Gasteiger partial charge in [-0.15, -0.1) is 0 Å². The van der Waals surface area contributed by atoms with Gasteiger partial charge in [0, 0.05) is 12.8 Å². The highest BCUT2D eigenvalue weighted by Gasteiger charge is 2.47. The number of amides is 1. The molecule has 1 aromatic carbocycles. The number of nitrogens with one attached hydrogen (secondary N) is 1.